The van der Waals surface area contributed by atoms with Gasteiger partial charge in [-0.15, -0.1) is 11.3 Å². The van der Waals surface area contributed by atoms with Gasteiger partial charge in [-0.25, -0.2) is 18.2 Å². The fourth-order valence-corrected chi connectivity index (χ4v) is 11.2. The van der Waals surface area contributed by atoms with Crippen molar-refractivity contribution in [3.05, 3.63) is 106 Å². The molecule has 3 aliphatic heterocycles. The minimum Gasteiger partial charge on any atom is -0.492 e. The third-order valence-corrected chi connectivity index (χ3v) is 14.9. The lowest BCUT2D eigenvalue weighted by Crippen LogP contribution is -2.58. The number of aromatic amines is 1. The average molecular weight is 1000 g/mol. The van der Waals surface area contributed by atoms with Gasteiger partial charge in [0.2, 0.25) is 17.7 Å². The van der Waals surface area contributed by atoms with Crippen molar-refractivity contribution >= 4 is 40.0 Å². The van der Waals surface area contributed by atoms with Crippen molar-refractivity contribution in [2.45, 2.75) is 117 Å². The number of β-amino-alcohol motifs (C(OH)–C–C–N with tert-alkyl or cyclic N) is 1. The highest BCUT2D eigenvalue weighted by Gasteiger charge is 2.45. The number of likely N-dealkylation sites (tertiary alicyclic amines) is 2. The molecule has 3 aromatic carbocycles. The van der Waals surface area contributed by atoms with Gasteiger partial charge in [-0.05, 0) is 81.0 Å². The van der Waals surface area contributed by atoms with Crippen LogP contribution in [0, 0.1) is 29.9 Å². The summed E-state index contributed by atoms with van der Waals surface area (Å²) in [5, 5.41) is 17.4. The number of rotatable bonds is 19. The minimum atomic E-state index is -1.59. The van der Waals surface area contributed by atoms with E-state index >= 15 is 13.2 Å². The fraction of sp³-hybridized carbons (Fsp3) is 0.519. The number of ether oxygens (including phenoxy) is 2. The Labute approximate surface area is 418 Å². The van der Waals surface area contributed by atoms with E-state index in [9.17, 15) is 19.5 Å². The van der Waals surface area contributed by atoms with Gasteiger partial charge in [0.1, 0.15) is 48.4 Å². The molecule has 3 amide bonds. The van der Waals surface area contributed by atoms with Gasteiger partial charge >= 0.3 is 0 Å². The van der Waals surface area contributed by atoms with Crippen LogP contribution in [0.5, 0.6) is 5.75 Å². The lowest BCUT2D eigenvalue weighted by atomic mass is 9.85. The number of aliphatic hydroxyl groups is 1. The van der Waals surface area contributed by atoms with Crippen LogP contribution >= 0.6 is 11.3 Å². The minimum absolute atomic E-state index is 0.00157. The van der Waals surface area contributed by atoms with E-state index in [1.54, 1.807) is 11.3 Å². The fourth-order valence-electron chi connectivity index (χ4n) is 10.4. The number of fused-ring (bicyclic) bond motifs is 3. The maximum atomic E-state index is 16.1. The summed E-state index contributed by atoms with van der Waals surface area (Å²) < 4.78 is 59.0. The van der Waals surface area contributed by atoms with E-state index in [0.717, 1.165) is 64.1 Å². The second kappa shape index (κ2) is 21.8. The van der Waals surface area contributed by atoms with E-state index in [-0.39, 0.29) is 62.5 Å². The number of aryl methyl sites for hydroxylation is 1. The highest BCUT2D eigenvalue weighted by atomic mass is 32.1. The van der Waals surface area contributed by atoms with Crippen LogP contribution in [-0.2, 0) is 32.1 Å². The molecule has 0 bridgehead atoms. The molecule has 5 heterocycles. The number of carbonyl (C=O) groups is 3. The van der Waals surface area contributed by atoms with Crippen molar-refractivity contribution in [3.8, 4) is 16.2 Å². The van der Waals surface area contributed by atoms with Crippen LogP contribution in [0.3, 0.4) is 0 Å². The second-order valence-electron chi connectivity index (χ2n) is 21.3. The lowest BCUT2D eigenvalue weighted by molar-refractivity contribution is -0.144. The molecule has 5 aromatic rings. The Kier molecular flexibility index (Phi) is 16.0. The monoisotopic (exact) mass is 999 g/mol. The van der Waals surface area contributed by atoms with Gasteiger partial charge in [-0.2, -0.15) is 0 Å². The van der Waals surface area contributed by atoms with Crippen LogP contribution in [0.4, 0.5) is 13.2 Å². The zero-order chi connectivity index (χ0) is 50.8. The van der Waals surface area contributed by atoms with Crippen molar-refractivity contribution in [1.29, 1.82) is 0 Å². The molecule has 4 N–H and O–H groups in total. The van der Waals surface area contributed by atoms with Crippen LogP contribution in [0.2, 0.25) is 0 Å². The summed E-state index contributed by atoms with van der Waals surface area (Å²) in [5.41, 5.74) is 4.82. The number of benzene rings is 3. The van der Waals surface area contributed by atoms with Gasteiger partial charge in [-0.3, -0.25) is 24.2 Å². The molecule has 2 aromatic heterocycles. The van der Waals surface area contributed by atoms with Crippen LogP contribution in [0.25, 0.3) is 21.3 Å². The first-order valence-corrected chi connectivity index (χ1v) is 25.6. The zero-order valence-corrected chi connectivity index (χ0v) is 42.6. The number of H-pyrrole nitrogens is 1. The average Bonchev–Trinajstić information content (AvgIpc) is 4.02. The molecular weight excluding hydrogens is 932 g/mol. The van der Waals surface area contributed by atoms with Gasteiger partial charge in [-0.1, -0.05) is 63.2 Å². The summed E-state index contributed by atoms with van der Waals surface area (Å²) in [6.07, 6.45) is 1.45. The number of aromatic nitrogens is 2. The molecular formula is C54H68F3N7O6S. The van der Waals surface area contributed by atoms with Crippen LogP contribution in [0.15, 0.2) is 66.2 Å². The van der Waals surface area contributed by atoms with Crippen LogP contribution < -0.4 is 15.4 Å². The van der Waals surface area contributed by atoms with Gasteiger partial charge in [0.25, 0.3) is 0 Å². The van der Waals surface area contributed by atoms with Gasteiger partial charge in [0, 0.05) is 92.6 Å². The van der Waals surface area contributed by atoms with Crippen molar-refractivity contribution in [2.75, 3.05) is 52.5 Å². The molecule has 0 spiro atoms. The number of carbonyl (C=O) groups excluding carboxylic acids is 3. The normalized spacial score (nSPS) is 20.5. The Bertz CT molecular complexity index is 2650. The number of aliphatic hydroxyl groups excluding tert-OH is 1. The summed E-state index contributed by atoms with van der Waals surface area (Å²) in [4.78, 5) is 54.9. The maximum Gasteiger partial charge on any atom is 0.246 e. The molecule has 3 aliphatic rings. The van der Waals surface area contributed by atoms with E-state index in [0.29, 0.717) is 31.2 Å². The maximum absolute atomic E-state index is 16.1. The molecule has 17 heteroatoms. The van der Waals surface area contributed by atoms with E-state index in [1.165, 1.54) is 30.9 Å². The Morgan fingerprint density at radius 2 is 1.72 bits per heavy atom. The molecule has 0 saturated carbocycles. The van der Waals surface area contributed by atoms with Crippen molar-refractivity contribution in [1.82, 2.24) is 35.3 Å². The number of hydrogen-bond acceptors (Lipinski definition) is 10. The Hall–Kier alpha value is -5.33. The summed E-state index contributed by atoms with van der Waals surface area (Å²) in [7, 11) is 0. The third kappa shape index (κ3) is 12.3. The summed E-state index contributed by atoms with van der Waals surface area (Å²) >= 11 is 1.57. The summed E-state index contributed by atoms with van der Waals surface area (Å²) in [6.45, 7) is 15.2. The summed E-state index contributed by atoms with van der Waals surface area (Å²) in [6, 6.07) is 15.2. The van der Waals surface area contributed by atoms with Crippen LogP contribution in [-0.4, -0.2) is 130 Å². The molecule has 5 atom stereocenters. The van der Waals surface area contributed by atoms with E-state index in [2.05, 4.69) is 25.5 Å². The third-order valence-electron chi connectivity index (χ3n) is 14.0. The predicted octanol–water partition coefficient (Wildman–Crippen LogP) is 7.88. The molecule has 2 fully saturated rings. The SMILES string of the molecule is Cc1ncsc1-c1ccc(CNC(=O)[C@@H]2C[C@@H](O)CN2C(=O)C(NC(=O)COCCCC2CN(CCOc3cc(F)c([C@@H]4c5[nH]c6ccccc6c5C[C@@H](C)N4CC(C)(C)F)c(F)c3)C2)C(C)(C)C)cc1. The van der Waals surface area contributed by atoms with Gasteiger partial charge in [0.05, 0.1) is 28.2 Å². The Balaban J connectivity index is 0.753. The molecule has 2 saturated heterocycles. The molecule has 0 aliphatic carbocycles. The van der Waals surface area contributed by atoms with E-state index in [1.807, 2.05) is 93.6 Å². The van der Waals surface area contributed by atoms with Crippen molar-refractivity contribution < 1.29 is 42.1 Å². The zero-order valence-electron chi connectivity index (χ0n) is 41.8. The van der Waals surface area contributed by atoms with E-state index in [4.69, 9.17) is 9.47 Å². The predicted molar refractivity (Wildman–Crippen MR) is 269 cm³/mol. The second-order valence-corrected chi connectivity index (χ2v) is 22.2. The largest absolute Gasteiger partial charge is 0.492 e. The van der Waals surface area contributed by atoms with Gasteiger partial charge in [0.15, 0.2) is 0 Å². The molecule has 8 rings (SSSR count). The summed E-state index contributed by atoms with van der Waals surface area (Å²) in [5.74, 6) is -2.23. The molecule has 71 heavy (non-hydrogen) atoms. The highest BCUT2D eigenvalue weighted by molar-refractivity contribution is 7.13. The number of halogens is 3. The number of hydrogen-bond donors (Lipinski definition) is 4. The Morgan fingerprint density at radius 3 is 2.39 bits per heavy atom. The quantitative estimate of drug-likeness (QED) is 0.0606. The number of nitrogens with one attached hydrogen (secondary N) is 3. The van der Waals surface area contributed by atoms with Gasteiger partial charge < -0.3 is 35.1 Å². The smallest absolute Gasteiger partial charge is 0.246 e. The topological polar surface area (TPSA) is 152 Å². The number of para-hydroxylation sites is 1. The first-order valence-electron chi connectivity index (χ1n) is 24.7. The first-order chi connectivity index (χ1) is 33.7. The number of thiazole rings is 1. The first kappa shape index (κ1) is 52.0. The van der Waals surface area contributed by atoms with Crippen molar-refractivity contribution in [3.63, 3.8) is 0 Å². The lowest BCUT2D eigenvalue weighted by Gasteiger charge is -2.43. The van der Waals surface area contributed by atoms with E-state index < -0.39 is 58.8 Å². The van der Waals surface area contributed by atoms with Crippen molar-refractivity contribution in [2.24, 2.45) is 11.3 Å². The number of amides is 3. The molecule has 0 radical (unpaired) electrons. The molecule has 13 nitrogen and oxygen atoms in total. The molecule has 1 unspecified atom stereocenters. The number of alkyl halides is 1. The Morgan fingerprint density at radius 1 is 1.00 bits per heavy atom. The highest BCUT2D eigenvalue weighted by Crippen LogP contribution is 2.44. The van der Waals surface area contributed by atoms with Crippen LogP contribution in [0.1, 0.15) is 94.9 Å². The molecule has 382 valence electrons. The number of nitrogens with zero attached hydrogens (tertiary/aromatic N) is 4. The standard InChI is InChI=1S/C54H68F3N7O6S/c1-32-21-40-39-12-8-9-13-43(39)60-47(40)48(64(32)30-54(6,7)57)46-41(55)23-38(24-42(46)56)70-20-18-62-26-35(27-62)11-10-19-69-29-45(66)61-50(53(3,4)5)52(68)63-28-37(65)22-44(63)51(67)58-25-34-14-16-36(17-15-34)49-33(2)59-31-71-49/h8-9,12-17,23-24,31-32,35,37,44,48,50,60,65H,10-11,18-22,25-30H2,1-7H3,(H,58,67)(H,61,66)/t32-,37-,44+,48-,50?/m1/s1.